The lowest BCUT2D eigenvalue weighted by atomic mass is 9.96. The van der Waals surface area contributed by atoms with Crippen molar-refractivity contribution in [3.63, 3.8) is 0 Å². The molecule has 5 heteroatoms. The van der Waals surface area contributed by atoms with Crippen LogP contribution >= 0.6 is 11.3 Å². The fraction of sp³-hybridized carbons (Fsp3) is 0.0222. The normalized spacial score (nSPS) is 12.6. The van der Waals surface area contributed by atoms with Gasteiger partial charge in [-0.1, -0.05) is 133 Å². The largest absolute Gasteiger partial charge is 0.319 e. The molecule has 3 N–H and O–H groups in total. The minimum atomic E-state index is -0.521. The summed E-state index contributed by atoms with van der Waals surface area (Å²) >= 11 is 1.86. The Morgan fingerprint density at radius 1 is 0.580 bits per heavy atom. The summed E-state index contributed by atoms with van der Waals surface area (Å²) in [7, 11) is 0. The van der Waals surface area contributed by atoms with E-state index in [0.29, 0.717) is 5.71 Å². The van der Waals surface area contributed by atoms with Crippen LogP contribution in [0.15, 0.2) is 175 Å². The summed E-state index contributed by atoms with van der Waals surface area (Å²) in [5.41, 5.74) is 16.0. The van der Waals surface area contributed by atoms with Crippen molar-refractivity contribution >= 4 is 64.9 Å². The number of benzene rings is 7. The zero-order valence-electron chi connectivity index (χ0n) is 27.1. The SMILES string of the molecule is N=C(/N=C(/c1ccccc1)[C@H](N)c1ccc(-n2c3ccccc3c3cc(-c4cccc5c4sc4ccccc45)ccc32)cc1)c1ccccc1. The van der Waals surface area contributed by atoms with Crippen LogP contribution < -0.4 is 5.73 Å². The minimum Gasteiger partial charge on any atom is -0.319 e. The van der Waals surface area contributed by atoms with Gasteiger partial charge < -0.3 is 10.3 Å². The van der Waals surface area contributed by atoms with Crippen LogP contribution in [0.1, 0.15) is 22.7 Å². The predicted octanol–water partition coefficient (Wildman–Crippen LogP) is 11.3. The number of hydrogen-bond donors (Lipinski definition) is 2. The molecule has 1 atom stereocenters. The van der Waals surface area contributed by atoms with Gasteiger partial charge in [0, 0.05) is 42.2 Å². The van der Waals surface area contributed by atoms with Gasteiger partial charge in [-0.15, -0.1) is 11.3 Å². The van der Waals surface area contributed by atoms with Crippen LogP contribution in [0.4, 0.5) is 0 Å². The third kappa shape index (κ3) is 5.12. The van der Waals surface area contributed by atoms with E-state index >= 15 is 0 Å². The van der Waals surface area contributed by atoms with Gasteiger partial charge >= 0.3 is 0 Å². The summed E-state index contributed by atoms with van der Waals surface area (Å²) in [5.74, 6) is 0.185. The van der Waals surface area contributed by atoms with E-state index in [9.17, 15) is 0 Å². The molecule has 9 aromatic rings. The highest BCUT2D eigenvalue weighted by molar-refractivity contribution is 7.26. The molecule has 4 nitrogen and oxygen atoms in total. The van der Waals surface area contributed by atoms with Gasteiger partial charge in [-0.25, -0.2) is 4.99 Å². The van der Waals surface area contributed by atoms with Gasteiger partial charge in [-0.3, -0.25) is 5.41 Å². The molecule has 50 heavy (non-hydrogen) atoms. The van der Waals surface area contributed by atoms with E-state index in [1.54, 1.807) is 0 Å². The Morgan fingerprint density at radius 2 is 1.22 bits per heavy atom. The molecule has 0 aliphatic rings. The topological polar surface area (TPSA) is 67.2 Å². The molecule has 0 saturated heterocycles. The lowest BCUT2D eigenvalue weighted by molar-refractivity contribution is 0.958. The quantitative estimate of drug-likeness (QED) is 0.135. The first kappa shape index (κ1) is 30.0. The van der Waals surface area contributed by atoms with Crippen molar-refractivity contribution in [3.05, 3.63) is 187 Å². The number of nitrogens with zero attached hydrogens (tertiary/aromatic N) is 2. The number of aromatic nitrogens is 1. The molecule has 0 unspecified atom stereocenters. The molecule has 0 amide bonds. The standard InChI is InChI=1S/C45H32N4S/c46-42(43(30-12-3-1-4-13-30)48-45(47)31-14-5-2-6-15-31)29-22-25-33(26-23-29)49-39-20-9-7-16-35(39)38-28-32(24-27-40(38)49)34-18-11-19-37-36-17-8-10-21-41(36)50-44(34)37/h1-28,42,47H,46H2/b47-45?,48-43-/t42-/m1/s1. The van der Waals surface area contributed by atoms with Gasteiger partial charge in [0.15, 0.2) is 5.84 Å². The van der Waals surface area contributed by atoms with E-state index in [1.165, 1.54) is 42.1 Å². The van der Waals surface area contributed by atoms with Gasteiger partial charge in [0.2, 0.25) is 0 Å². The van der Waals surface area contributed by atoms with E-state index in [1.807, 2.05) is 72.0 Å². The van der Waals surface area contributed by atoms with Crippen molar-refractivity contribution in [1.29, 1.82) is 5.41 Å². The third-order valence-electron chi connectivity index (χ3n) is 9.54. The van der Waals surface area contributed by atoms with Gasteiger partial charge in [-0.2, -0.15) is 0 Å². The Hall–Kier alpha value is -6.14. The Kier molecular flexibility index (Phi) is 7.42. The monoisotopic (exact) mass is 660 g/mol. The highest BCUT2D eigenvalue weighted by atomic mass is 32.1. The van der Waals surface area contributed by atoms with Gasteiger partial charge in [-0.05, 0) is 58.7 Å². The molecule has 0 saturated carbocycles. The number of aliphatic imine (C=N–C) groups is 1. The number of nitrogens with one attached hydrogen (secondary N) is 1. The second kappa shape index (κ2) is 12.4. The average molecular weight is 661 g/mol. The van der Waals surface area contributed by atoms with Crippen molar-refractivity contribution in [2.75, 3.05) is 0 Å². The van der Waals surface area contributed by atoms with Crippen molar-refractivity contribution in [1.82, 2.24) is 4.57 Å². The summed E-state index contributed by atoms with van der Waals surface area (Å²) in [6.07, 6.45) is 0. The number of fused-ring (bicyclic) bond motifs is 6. The van der Waals surface area contributed by atoms with Crippen molar-refractivity contribution < 1.29 is 0 Å². The number of nitrogens with two attached hydrogens (primary N) is 1. The van der Waals surface area contributed by atoms with Crippen molar-refractivity contribution in [3.8, 4) is 16.8 Å². The summed E-state index contributed by atoms with van der Waals surface area (Å²) < 4.78 is 4.97. The van der Waals surface area contributed by atoms with E-state index in [2.05, 4.69) is 114 Å². The first-order valence-electron chi connectivity index (χ1n) is 16.7. The molecular weight excluding hydrogens is 629 g/mol. The fourth-order valence-electron chi connectivity index (χ4n) is 7.09. The first-order valence-corrected chi connectivity index (χ1v) is 17.5. The van der Waals surface area contributed by atoms with Crippen LogP contribution in [-0.4, -0.2) is 16.1 Å². The second-order valence-corrected chi connectivity index (χ2v) is 13.6. The molecule has 9 rings (SSSR count). The van der Waals surface area contributed by atoms with E-state index in [0.717, 1.165) is 33.4 Å². The molecular formula is C45H32N4S. The lowest BCUT2D eigenvalue weighted by Crippen LogP contribution is -2.24. The Morgan fingerprint density at radius 3 is 2.00 bits per heavy atom. The maximum absolute atomic E-state index is 8.74. The Labute approximate surface area is 293 Å². The van der Waals surface area contributed by atoms with Crippen molar-refractivity contribution in [2.45, 2.75) is 6.04 Å². The van der Waals surface area contributed by atoms with Gasteiger partial charge in [0.25, 0.3) is 0 Å². The van der Waals surface area contributed by atoms with E-state index < -0.39 is 6.04 Å². The maximum Gasteiger partial charge on any atom is 0.152 e. The summed E-state index contributed by atoms with van der Waals surface area (Å²) in [6, 6.07) is 58.2. The minimum absolute atomic E-state index is 0.185. The highest BCUT2D eigenvalue weighted by Gasteiger charge is 2.19. The molecule has 0 aliphatic carbocycles. The zero-order valence-corrected chi connectivity index (χ0v) is 27.9. The van der Waals surface area contributed by atoms with Gasteiger partial charge in [0.1, 0.15) is 0 Å². The fourth-order valence-corrected chi connectivity index (χ4v) is 8.32. The zero-order chi connectivity index (χ0) is 33.6. The summed E-state index contributed by atoms with van der Waals surface area (Å²) in [4.78, 5) is 4.78. The molecule has 0 fully saturated rings. The Bertz CT molecular complexity index is 2720. The second-order valence-electron chi connectivity index (χ2n) is 12.5. The summed E-state index contributed by atoms with van der Waals surface area (Å²) in [5, 5.41) is 13.8. The summed E-state index contributed by atoms with van der Waals surface area (Å²) in [6.45, 7) is 0. The van der Waals surface area contributed by atoms with Crippen LogP contribution in [0.5, 0.6) is 0 Å². The predicted molar refractivity (Wildman–Crippen MR) is 212 cm³/mol. The molecule has 2 aromatic heterocycles. The number of para-hydroxylation sites is 1. The van der Waals surface area contributed by atoms with Crippen LogP contribution in [0.25, 0.3) is 58.8 Å². The molecule has 7 aromatic carbocycles. The lowest BCUT2D eigenvalue weighted by Gasteiger charge is -2.17. The molecule has 0 spiro atoms. The average Bonchev–Trinajstić information content (AvgIpc) is 3.73. The smallest absolute Gasteiger partial charge is 0.152 e. The van der Waals surface area contributed by atoms with Crippen LogP contribution in [0.3, 0.4) is 0 Å². The van der Waals surface area contributed by atoms with E-state index in [-0.39, 0.29) is 5.84 Å². The Balaban J connectivity index is 1.12. The van der Waals surface area contributed by atoms with Crippen molar-refractivity contribution in [2.24, 2.45) is 10.7 Å². The number of amidine groups is 1. The molecule has 0 radical (unpaired) electrons. The third-order valence-corrected chi connectivity index (χ3v) is 10.8. The molecule has 238 valence electrons. The van der Waals surface area contributed by atoms with E-state index in [4.69, 9.17) is 16.1 Å². The molecule has 2 heterocycles. The first-order chi connectivity index (χ1) is 24.6. The maximum atomic E-state index is 8.74. The van der Waals surface area contributed by atoms with Crippen LogP contribution in [0, 0.1) is 5.41 Å². The number of rotatable bonds is 6. The highest BCUT2D eigenvalue weighted by Crippen LogP contribution is 2.41. The number of thiophene rings is 1. The van der Waals surface area contributed by atoms with Crippen LogP contribution in [0.2, 0.25) is 0 Å². The molecule has 0 bridgehead atoms. The van der Waals surface area contributed by atoms with Gasteiger partial charge in [0.05, 0.1) is 22.8 Å². The van der Waals surface area contributed by atoms with Crippen LogP contribution in [-0.2, 0) is 0 Å². The molecule has 0 aliphatic heterocycles. The number of hydrogen-bond acceptors (Lipinski definition) is 3.